The van der Waals surface area contributed by atoms with Crippen molar-refractivity contribution < 1.29 is 19.1 Å². The molecular weight excluding hydrogens is 294 g/mol. The second kappa shape index (κ2) is 4.93. The SMILES string of the molecule is CCOC(=O)[C@H]1[C@H]2C(=O)N(c3cccc(C)c3)C[C@@]23C=C[C@H]1O3. The molecule has 2 bridgehead atoms. The number of carbonyl (C=O) groups is 2. The van der Waals surface area contributed by atoms with Gasteiger partial charge in [0.25, 0.3) is 0 Å². The van der Waals surface area contributed by atoms with Crippen LogP contribution < -0.4 is 4.90 Å². The van der Waals surface area contributed by atoms with Crippen LogP contribution in [0.2, 0.25) is 0 Å². The highest BCUT2D eigenvalue weighted by Gasteiger charge is 2.67. The molecule has 120 valence electrons. The molecule has 5 nitrogen and oxygen atoms in total. The van der Waals surface area contributed by atoms with E-state index in [1.807, 2.05) is 43.3 Å². The van der Waals surface area contributed by atoms with Crippen molar-refractivity contribution in [2.45, 2.75) is 25.6 Å². The zero-order valence-electron chi connectivity index (χ0n) is 13.2. The summed E-state index contributed by atoms with van der Waals surface area (Å²) in [5.74, 6) is -1.42. The molecular formula is C18H19NO4. The van der Waals surface area contributed by atoms with E-state index in [0.29, 0.717) is 13.2 Å². The number of fused-ring (bicyclic) bond motifs is 1. The van der Waals surface area contributed by atoms with E-state index in [9.17, 15) is 9.59 Å². The van der Waals surface area contributed by atoms with Gasteiger partial charge in [0.1, 0.15) is 11.5 Å². The number of anilines is 1. The summed E-state index contributed by atoms with van der Waals surface area (Å²) in [4.78, 5) is 27.0. The number of carbonyl (C=O) groups excluding carboxylic acids is 2. The van der Waals surface area contributed by atoms with Crippen LogP contribution in [0.4, 0.5) is 5.69 Å². The van der Waals surface area contributed by atoms with Gasteiger partial charge in [-0.2, -0.15) is 0 Å². The van der Waals surface area contributed by atoms with Crippen molar-refractivity contribution in [1.29, 1.82) is 0 Å². The first kappa shape index (κ1) is 14.5. The van der Waals surface area contributed by atoms with E-state index in [4.69, 9.17) is 9.47 Å². The topological polar surface area (TPSA) is 55.8 Å². The summed E-state index contributed by atoms with van der Waals surface area (Å²) in [5, 5.41) is 0. The number of hydrogen-bond acceptors (Lipinski definition) is 4. The molecule has 0 N–H and O–H groups in total. The van der Waals surface area contributed by atoms with Gasteiger partial charge in [0, 0.05) is 5.69 Å². The van der Waals surface area contributed by atoms with Crippen LogP contribution in [0.5, 0.6) is 0 Å². The molecule has 5 heteroatoms. The average Bonchev–Trinajstić information content (AvgIpc) is 3.16. The lowest BCUT2D eigenvalue weighted by Gasteiger charge is -2.22. The van der Waals surface area contributed by atoms with Gasteiger partial charge < -0.3 is 14.4 Å². The van der Waals surface area contributed by atoms with Gasteiger partial charge in [0.15, 0.2) is 0 Å². The minimum Gasteiger partial charge on any atom is -0.466 e. The van der Waals surface area contributed by atoms with Crippen molar-refractivity contribution in [2.24, 2.45) is 11.8 Å². The molecule has 1 amide bonds. The van der Waals surface area contributed by atoms with Crippen molar-refractivity contribution in [3.8, 4) is 0 Å². The molecule has 4 rings (SSSR count). The zero-order chi connectivity index (χ0) is 16.2. The Morgan fingerprint density at radius 2 is 2.30 bits per heavy atom. The standard InChI is InChI=1S/C18H19NO4/c1-3-22-17(21)14-13-7-8-18(23-13)10-19(16(20)15(14)18)12-6-4-5-11(2)9-12/h4-9,13-15H,3,10H2,1-2H3/t13-,14-,15+,18+/m1/s1. The van der Waals surface area contributed by atoms with Crippen LogP contribution in [-0.2, 0) is 19.1 Å². The number of nitrogens with zero attached hydrogens (tertiary/aromatic N) is 1. The average molecular weight is 313 g/mol. The molecule has 0 radical (unpaired) electrons. The van der Waals surface area contributed by atoms with E-state index in [-0.39, 0.29) is 18.0 Å². The molecule has 0 aliphatic carbocycles. The summed E-state index contributed by atoms with van der Waals surface area (Å²) in [7, 11) is 0. The third kappa shape index (κ3) is 1.96. The second-order valence-corrected chi connectivity index (χ2v) is 6.42. The molecule has 0 saturated carbocycles. The first-order chi connectivity index (χ1) is 11.1. The molecule has 3 aliphatic heterocycles. The van der Waals surface area contributed by atoms with Crippen molar-refractivity contribution in [3.05, 3.63) is 42.0 Å². The molecule has 23 heavy (non-hydrogen) atoms. The van der Waals surface area contributed by atoms with Crippen LogP contribution in [-0.4, -0.2) is 36.7 Å². The molecule has 3 heterocycles. The molecule has 0 aromatic heterocycles. The van der Waals surface area contributed by atoms with Gasteiger partial charge in [-0.15, -0.1) is 0 Å². The van der Waals surface area contributed by atoms with E-state index in [1.165, 1.54) is 0 Å². The van der Waals surface area contributed by atoms with Crippen LogP contribution in [0.25, 0.3) is 0 Å². The number of aryl methyl sites for hydroxylation is 1. The third-order valence-electron chi connectivity index (χ3n) is 4.97. The van der Waals surface area contributed by atoms with Crippen LogP contribution in [0, 0.1) is 18.8 Å². The Labute approximate surface area is 134 Å². The van der Waals surface area contributed by atoms with Crippen LogP contribution >= 0.6 is 0 Å². The lowest BCUT2D eigenvalue weighted by molar-refractivity contribution is -0.151. The Hall–Kier alpha value is -2.14. The number of rotatable bonds is 3. The Morgan fingerprint density at radius 1 is 1.48 bits per heavy atom. The Balaban J connectivity index is 1.70. The van der Waals surface area contributed by atoms with E-state index in [0.717, 1.165) is 11.3 Å². The summed E-state index contributed by atoms with van der Waals surface area (Å²) < 4.78 is 11.2. The van der Waals surface area contributed by atoms with E-state index in [1.54, 1.807) is 11.8 Å². The largest absolute Gasteiger partial charge is 0.466 e. The molecule has 3 aliphatic rings. The smallest absolute Gasteiger partial charge is 0.312 e. The first-order valence-electron chi connectivity index (χ1n) is 7.97. The van der Waals surface area contributed by atoms with Gasteiger partial charge in [-0.25, -0.2) is 0 Å². The molecule has 0 unspecified atom stereocenters. The fourth-order valence-corrected chi connectivity index (χ4v) is 4.02. The predicted molar refractivity (Wildman–Crippen MR) is 83.9 cm³/mol. The van der Waals surface area contributed by atoms with Gasteiger partial charge in [0.05, 0.1) is 25.2 Å². The van der Waals surface area contributed by atoms with Crippen LogP contribution in [0.3, 0.4) is 0 Å². The van der Waals surface area contributed by atoms with Gasteiger partial charge in [-0.1, -0.05) is 24.3 Å². The second-order valence-electron chi connectivity index (χ2n) is 6.42. The van der Waals surface area contributed by atoms with E-state index >= 15 is 0 Å². The van der Waals surface area contributed by atoms with Crippen molar-refractivity contribution in [1.82, 2.24) is 0 Å². The quantitative estimate of drug-likeness (QED) is 0.631. The molecule has 4 atom stereocenters. The maximum Gasteiger partial charge on any atom is 0.312 e. The fraction of sp³-hybridized carbons (Fsp3) is 0.444. The molecule has 1 spiro atoms. The summed E-state index contributed by atoms with van der Waals surface area (Å²) >= 11 is 0. The van der Waals surface area contributed by atoms with Gasteiger partial charge in [-0.05, 0) is 31.5 Å². The first-order valence-corrected chi connectivity index (χ1v) is 7.97. The summed E-state index contributed by atoms with van der Waals surface area (Å²) in [6, 6.07) is 7.82. The van der Waals surface area contributed by atoms with Gasteiger partial charge in [0.2, 0.25) is 5.91 Å². The van der Waals surface area contributed by atoms with Gasteiger partial charge in [-0.3, -0.25) is 9.59 Å². The highest BCUT2D eigenvalue weighted by atomic mass is 16.6. The zero-order valence-corrected chi connectivity index (χ0v) is 13.2. The Kier molecular flexibility index (Phi) is 3.10. The Bertz CT molecular complexity index is 713. The lowest BCUT2D eigenvalue weighted by atomic mass is 9.77. The monoisotopic (exact) mass is 313 g/mol. The number of amides is 1. The van der Waals surface area contributed by atoms with Crippen LogP contribution in [0.15, 0.2) is 36.4 Å². The maximum atomic E-state index is 13.0. The summed E-state index contributed by atoms with van der Waals surface area (Å²) in [6.45, 7) is 4.52. The number of ether oxygens (including phenoxy) is 2. The predicted octanol–water partition coefficient (Wildman–Crippen LogP) is 1.84. The minimum atomic E-state index is -0.692. The number of esters is 1. The highest BCUT2D eigenvalue weighted by molar-refractivity contribution is 6.02. The summed E-state index contributed by atoms with van der Waals surface area (Å²) in [6.07, 6.45) is 3.50. The maximum absolute atomic E-state index is 13.0. The molecule has 1 aromatic rings. The fourth-order valence-electron chi connectivity index (χ4n) is 4.02. The third-order valence-corrected chi connectivity index (χ3v) is 4.97. The van der Waals surface area contributed by atoms with E-state index in [2.05, 4.69) is 0 Å². The Morgan fingerprint density at radius 3 is 3.04 bits per heavy atom. The van der Waals surface area contributed by atoms with Crippen LogP contribution in [0.1, 0.15) is 12.5 Å². The number of hydrogen-bond donors (Lipinski definition) is 0. The van der Waals surface area contributed by atoms with Gasteiger partial charge >= 0.3 is 5.97 Å². The molecule has 2 fully saturated rings. The van der Waals surface area contributed by atoms with Crippen molar-refractivity contribution >= 4 is 17.6 Å². The highest BCUT2D eigenvalue weighted by Crippen LogP contribution is 2.52. The van der Waals surface area contributed by atoms with Crippen molar-refractivity contribution in [3.63, 3.8) is 0 Å². The lowest BCUT2D eigenvalue weighted by Crippen LogP contribution is -2.40. The van der Waals surface area contributed by atoms with Crippen molar-refractivity contribution in [2.75, 3.05) is 18.1 Å². The number of benzene rings is 1. The van der Waals surface area contributed by atoms with E-state index < -0.39 is 17.4 Å². The molecule has 1 aromatic carbocycles. The normalized spacial score (nSPS) is 34.1. The summed E-state index contributed by atoms with van der Waals surface area (Å²) in [5.41, 5.74) is 1.25. The molecule has 2 saturated heterocycles. The minimum absolute atomic E-state index is 0.0551.